The number of thiazole rings is 1. The smallest absolute Gasteiger partial charge is 0.393 e. The SMILES string of the molecule is Cc1nc(-c2nc(Cl)cs2)nc(-n2cc(CC(F)(F)F)c3ccncc32)c1C(=O)O. The average Bonchev–Trinajstić information content (AvgIpc) is 3.24. The Morgan fingerprint density at radius 2 is 2.07 bits per heavy atom. The summed E-state index contributed by atoms with van der Waals surface area (Å²) in [5.74, 6) is -1.27. The van der Waals surface area contributed by atoms with Crippen LogP contribution in [0.25, 0.3) is 27.6 Å². The van der Waals surface area contributed by atoms with Crippen LogP contribution in [0, 0.1) is 6.92 Å². The van der Waals surface area contributed by atoms with Gasteiger partial charge in [-0.25, -0.2) is 19.7 Å². The van der Waals surface area contributed by atoms with Crippen molar-refractivity contribution < 1.29 is 23.1 Å². The lowest BCUT2D eigenvalue weighted by Crippen LogP contribution is -2.13. The molecule has 0 bridgehead atoms. The van der Waals surface area contributed by atoms with E-state index in [4.69, 9.17) is 11.6 Å². The summed E-state index contributed by atoms with van der Waals surface area (Å²) in [6.07, 6.45) is -1.66. The highest BCUT2D eigenvalue weighted by Gasteiger charge is 2.30. The van der Waals surface area contributed by atoms with Gasteiger partial charge in [-0.2, -0.15) is 13.2 Å². The number of carboxylic acid groups (broad SMARTS) is 1. The van der Waals surface area contributed by atoms with Gasteiger partial charge in [-0.3, -0.25) is 9.55 Å². The number of aromatic nitrogens is 5. The molecule has 1 N–H and O–H groups in total. The summed E-state index contributed by atoms with van der Waals surface area (Å²) >= 11 is 7.02. The number of hydrogen-bond donors (Lipinski definition) is 1. The van der Waals surface area contributed by atoms with E-state index in [1.807, 2.05) is 0 Å². The van der Waals surface area contributed by atoms with E-state index in [9.17, 15) is 23.1 Å². The number of aromatic carboxylic acids is 1. The van der Waals surface area contributed by atoms with Crippen molar-refractivity contribution in [3.05, 3.63) is 52.0 Å². The maximum Gasteiger partial charge on any atom is 0.393 e. The van der Waals surface area contributed by atoms with Gasteiger partial charge in [0.2, 0.25) is 0 Å². The molecule has 4 heterocycles. The number of rotatable bonds is 4. The number of nitrogens with zero attached hydrogens (tertiary/aromatic N) is 5. The first kappa shape index (κ1) is 20.2. The van der Waals surface area contributed by atoms with Crippen molar-refractivity contribution in [1.29, 1.82) is 0 Å². The van der Waals surface area contributed by atoms with Gasteiger partial charge in [0.05, 0.1) is 23.8 Å². The Kier molecular flexibility index (Phi) is 4.94. The van der Waals surface area contributed by atoms with Gasteiger partial charge in [0.15, 0.2) is 16.6 Å². The summed E-state index contributed by atoms with van der Waals surface area (Å²) in [5.41, 5.74) is 0.171. The van der Waals surface area contributed by atoms with Crippen LogP contribution in [0.5, 0.6) is 0 Å². The molecule has 0 spiro atoms. The van der Waals surface area contributed by atoms with Gasteiger partial charge in [-0.1, -0.05) is 11.6 Å². The first-order valence-electron chi connectivity index (χ1n) is 8.38. The summed E-state index contributed by atoms with van der Waals surface area (Å²) in [4.78, 5) is 28.5. The van der Waals surface area contributed by atoms with E-state index in [1.165, 1.54) is 36.1 Å². The fourth-order valence-electron chi connectivity index (χ4n) is 3.11. The number of carboxylic acids is 1. The molecule has 12 heteroatoms. The van der Waals surface area contributed by atoms with Crippen LogP contribution in [0.4, 0.5) is 13.2 Å². The van der Waals surface area contributed by atoms with E-state index in [-0.39, 0.29) is 33.6 Å². The fraction of sp³-hybridized carbons (Fsp3) is 0.167. The predicted octanol–water partition coefficient (Wildman–Crippen LogP) is 4.70. The second-order valence-electron chi connectivity index (χ2n) is 6.32. The van der Waals surface area contributed by atoms with E-state index in [0.717, 1.165) is 11.3 Å². The Morgan fingerprint density at radius 3 is 2.70 bits per heavy atom. The van der Waals surface area contributed by atoms with Crippen LogP contribution in [0.3, 0.4) is 0 Å². The van der Waals surface area contributed by atoms with Crippen molar-refractivity contribution in [2.75, 3.05) is 0 Å². The Labute approximate surface area is 175 Å². The molecule has 0 aliphatic heterocycles. The highest BCUT2D eigenvalue weighted by molar-refractivity contribution is 7.13. The third-order valence-corrected chi connectivity index (χ3v) is 5.42. The standard InChI is InChI=1S/C18H11ClF3N5O2S/c1-8-13(17(28)29)15(26-14(24-8)16-25-12(19)7-30-16)27-6-9(4-18(20,21)22)10-2-3-23-5-11(10)27/h2-3,5-7H,4H2,1H3,(H,28,29). The molecule has 4 aromatic rings. The zero-order valence-corrected chi connectivity index (χ0v) is 16.7. The van der Waals surface area contributed by atoms with Crippen molar-refractivity contribution in [3.63, 3.8) is 0 Å². The van der Waals surface area contributed by atoms with Crippen molar-refractivity contribution in [3.8, 4) is 16.6 Å². The highest BCUT2D eigenvalue weighted by Crippen LogP contribution is 2.32. The number of hydrogen-bond acceptors (Lipinski definition) is 6. The molecule has 30 heavy (non-hydrogen) atoms. The molecule has 0 saturated carbocycles. The molecule has 0 atom stereocenters. The molecular weight excluding hydrogens is 443 g/mol. The van der Waals surface area contributed by atoms with Crippen LogP contribution in [0.15, 0.2) is 30.0 Å². The Balaban J connectivity index is 2.01. The maximum atomic E-state index is 13.1. The van der Waals surface area contributed by atoms with Gasteiger partial charge in [-0.05, 0) is 18.6 Å². The van der Waals surface area contributed by atoms with Crippen LogP contribution >= 0.6 is 22.9 Å². The molecule has 0 amide bonds. The average molecular weight is 454 g/mol. The van der Waals surface area contributed by atoms with Crippen LogP contribution in [0.1, 0.15) is 21.6 Å². The third kappa shape index (κ3) is 3.73. The van der Waals surface area contributed by atoms with Crippen molar-refractivity contribution in [2.24, 2.45) is 0 Å². The van der Waals surface area contributed by atoms with E-state index in [2.05, 4.69) is 19.9 Å². The normalized spacial score (nSPS) is 11.9. The largest absolute Gasteiger partial charge is 0.477 e. The minimum absolute atomic E-state index is 0.0219. The molecule has 0 saturated heterocycles. The molecule has 0 aromatic carbocycles. The predicted molar refractivity (Wildman–Crippen MR) is 104 cm³/mol. The van der Waals surface area contributed by atoms with E-state index in [0.29, 0.717) is 15.9 Å². The minimum atomic E-state index is -4.44. The molecule has 0 fully saturated rings. The second-order valence-corrected chi connectivity index (χ2v) is 7.57. The zero-order chi connectivity index (χ0) is 21.6. The molecule has 4 aromatic heterocycles. The molecule has 0 unspecified atom stereocenters. The van der Waals surface area contributed by atoms with Crippen molar-refractivity contribution in [1.82, 2.24) is 24.5 Å². The number of carbonyl (C=O) groups is 1. The Bertz CT molecular complexity index is 1280. The summed E-state index contributed by atoms with van der Waals surface area (Å²) in [7, 11) is 0. The lowest BCUT2D eigenvalue weighted by Gasteiger charge is -2.11. The van der Waals surface area contributed by atoms with Gasteiger partial charge in [0.25, 0.3) is 0 Å². The lowest BCUT2D eigenvalue weighted by atomic mass is 10.1. The number of fused-ring (bicyclic) bond motifs is 1. The molecule has 0 aliphatic carbocycles. The summed E-state index contributed by atoms with van der Waals surface area (Å²) in [6.45, 7) is 1.48. The molecule has 4 rings (SSSR count). The Morgan fingerprint density at radius 1 is 1.30 bits per heavy atom. The number of aryl methyl sites for hydroxylation is 1. The van der Waals surface area contributed by atoms with E-state index < -0.39 is 18.6 Å². The highest BCUT2D eigenvalue weighted by atomic mass is 35.5. The molecule has 7 nitrogen and oxygen atoms in total. The molecule has 0 aliphatic rings. The topological polar surface area (TPSA) is 93.8 Å². The van der Waals surface area contributed by atoms with Crippen molar-refractivity contribution >= 4 is 39.8 Å². The fourth-order valence-corrected chi connectivity index (χ4v) is 3.99. The first-order chi connectivity index (χ1) is 14.1. The maximum absolute atomic E-state index is 13.1. The first-order valence-corrected chi connectivity index (χ1v) is 9.64. The van der Waals surface area contributed by atoms with E-state index >= 15 is 0 Å². The van der Waals surface area contributed by atoms with Gasteiger partial charge >= 0.3 is 12.1 Å². The molecule has 154 valence electrons. The second kappa shape index (κ2) is 7.33. The van der Waals surface area contributed by atoms with Crippen LogP contribution in [0.2, 0.25) is 5.15 Å². The Hall–Kier alpha value is -3.05. The van der Waals surface area contributed by atoms with E-state index in [1.54, 1.807) is 5.38 Å². The lowest BCUT2D eigenvalue weighted by molar-refractivity contribution is -0.127. The third-order valence-electron chi connectivity index (χ3n) is 4.26. The zero-order valence-electron chi connectivity index (χ0n) is 15.1. The van der Waals surface area contributed by atoms with Crippen LogP contribution in [-0.4, -0.2) is 41.8 Å². The van der Waals surface area contributed by atoms with Gasteiger partial charge in [0, 0.05) is 23.2 Å². The summed E-state index contributed by atoms with van der Waals surface area (Å²) in [6, 6.07) is 1.45. The monoisotopic (exact) mass is 453 g/mol. The minimum Gasteiger partial charge on any atom is -0.477 e. The summed E-state index contributed by atoms with van der Waals surface area (Å²) in [5, 5.41) is 12.2. The van der Waals surface area contributed by atoms with Crippen LogP contribution < -0.4 is 0 Å². The van der Waals surface area contributed by atoms with Crippen LogP contribution in [-0.2, 0) is 6.42 Å². The quantitative estimate of drug-likeness (QED) is 0.481. The summed E-state index contributed by atoms with van der Waals surface area (Å²) < 4.78 is 40.5. The number of alkyl halides is 3. The molecule has 0 radical (unpaired) electrons. The number of pyridine rings is 1. The molecular formula is C18H11ClF3N5O2S. The van der Waals surface area contributed by atoms with Gasteiger partial charge in [0.1, 0.15) is 10.7 Å². The van der Waals surface area contributed by atoms with Gasteiger partial charge in [-0.15, -0.1) is 11.3 Å². The number of halogens is 4. The van der Waals surface area contributed by atoms with Gasteiger partial charge < -0.3 is 5.11 Å². The van der Waals surface area contributed by atoms with Crippen molar-refractivity contribution in [2.45, 2.75) is 19.5 Å².